The monoisotopic (exact) mass is 618 g/mol. The Morgan fingerprint density at radius 2 is 1.68 bits per heavy atom. The molecular formula is C32H31BrN2O6. The van der Waals surface area contributed by atoms with Crippen molar-refractivity contribution in [1.82, 2.24) is 5.32 Å². The molecule has 0 radical (unpaired) electrons. The second-order valence-corrected chi connectivity index (χ2v) is 11.9. The maximum Gasteiger partial charge on any atom is 0.408 e. The van der Waals surface area contributed by atoms with E-state index >= 15 is 0 Å². The van der Waals surface area contributed by atoms with Gasteiger partial charge in [0, 0.05) is 5.56 Å². The average molecular weight is 620 g/mol. The SMILES string of the molecule is CC(C)(C)OC(=O)NC1(c2ccc(-c3c(-c4ccccc4)oc4c(Br)c(OCC(N)=O)ccc4c3=O)cc2)CCC1. The molecule has 1 saturated carbocycles. The van der Waals surface area contributed by atoms with Gasteiger partial charge < -0.3 is 24.9 Å². The largest absolute Gasteiger partial charge is 0.482 e. The van der Waals surface area contributed by atoms with Gasteiger partial charge in [0.15, 0.2) is 12.2 Å². The van der Waals surface area contributed by atoms with Gasteiger partial charge in [0.2, 0.25) is 5.43 Å². The van der Waals surface area contributed by atoms with E-state index in [9.17, 15) is 14.4 Å². The Morgan fingerprint density at radius 1 is 1.00 bits per heavy atom. The number of carbonyl (C=O) groups is 2. The maximum absolute atomic E-state index is 14.0. The van der Waals surface area contributed by atoms with Crippen LogP contribution in [0.25, 0.3) is 33.4 Å². The third-order valence-corrected chi connectivity index (χ3v) is 7.79. The van der Waals surface area contributed by atoms with Crippen LogP contribution in [0.2, 0.25) is 0 Å². The zero-order valence-corrected chi connectivity index (χ0v) is 24.7. The van der Waals surface area contributed by atoms with Crippen molar-refractivity contribution < 1.29 is 23.5 Å². The van der Waals surface area contributed by atoms with Crippen molar-refractivity contribution in [2.75, 3.05) is 6.61 Å². The summed E-state index contributed by atoms with van der Waals surface area (Å²) in [4.78, 5) is 37.9. The molecule has 5 rings (SSSR count). The number of nitrogens with one attached hydrogen (secondary N) is 1. The smallest absolute Gasteiger partial charge is 0.408 e. The van der Waals surface area contributed by atoms with Gasteiger partial charge in [0.1, 0.15) is 21.6 Å². The Balaban J connectivity index is 1.59. The van der Waals surface area contributed by atoms with Gasteiger partial charge in [0.25, 0.3) is 5.91 Å². The zero-order chi connectivity index (χ0) is 29.4. The van der Waals surface area contributed by atoms with Gasteiger partial charge in [-0.25, -0.2) is 4.79 Å². The van der Waals surface area contributed by atoms with Crippen LogP contribution in [0.1, 0.15) is 45.6 Å². The molecule has 0 unspecified atom stereocenters. The number of hydrogen-bond donors (Lipinski definition) is 2. The normalized spacial score (nSPS) is 14.2. The number of halogens is 1. The summed E-state index contributed by atoms with van der Waals surface area (Å²) in [5.41, 5.74) is 6.97. The Kier molecular flexibility index (Phi) is 7.66. The summed E-state index contributed by atoms with van der Waals surface area (Å²) in [6.45, 7) is 5.19. The molecule has 1 fully saturated rings. The van der Waals surface area contributed by atoms with E-state index in [4.69, 9.17) is 19.6 Å². The highest BCUT2D eigenvalue weighted by Crippen LogP contribution is 2.43. The fraction of sp³-hybridized carbons (Fsp3) is 0.281. The van der Waals surface area contributed by atoms with Crippen LogP contribution < -0.4 is 21.2 Å². The van der Waals surface area contributed by atoms with Crippen molar-refractivity contribution in [3.8, 4) is 28.2 Å². The van der Waals surface area contributed by atoms with Crippen molar-refractivity contribution in [3.05, 3.63) is 87.0 Å². The first-order valence-electron chi connectivity index (χ1n) is 13.4. The molecule has 1 aliphatic rings. The van der Waals surface area contributed by atoms with Gasteiger partial charge in [-0.05, 0) is 79.2 Å². The minimum absolute atomic E-state index is 0.217. The van der Waals surface area contributed by atoms with Gasteiger partial charge in [-0.15, -0.1) is 0 Å². The molecular weight excluding hydrogens is 588 g/mol. The van der Waals surface area contributed by atoms with Crippen LogP contribution in [0.4, 0.5) is 4.79 Å². The molecule has 0 saturated heterocycles. The highest BCUT2D eigenvalue weighted by Gasteiger charge is 2.41. The van der Waals surface area contributed by atoms with Crippen molar-refractivity contribution in [1.29, 1.82) is 0 Å². The molecule has 212 valence electrons. The number of rotatable bonds is 7. The van der Waals surface area contributed by atoms with Gasteiger partial charge in [-0.1, -0.05) is 54.6 Å². The topological polar surface area (TPSA) is 121 Å². The molecule has 9 heteroatoms. The second-order valence-electron chi connectivity index (χ2n) is 11.2. The fourth-order valence-electron chi connectivity index (χ4n) is 4.99. The maximum atomic E-state index is 14.0. The van der Waals surface area contributed by atoms with Crippen molar-refractivity contribution in [3.63, 3.8) is 0 Å². The van der Waals surface area contributed by atoms with Crippen LogP contribution in [-0.4, -0.2) is 24.2 Å². The molecule has 1 aliphatic carbocycles. The predicted molar refractivity (Wildman–Crippen MR) is 161 cm³/mol. The summed E-state index contributed by atoms with van der Waals surface area (Å²) in [5.74, 6) is 0.111. The minimum Gasteiger partial charge on any atom is -0.482 e. The summed E-state index contributed by atoms with van der Waals surface area (Å²) in [6, 6.07) is 20.3. The Hall–Kier alpha value is -4.11. The number of alkyl carbamates (subject to hydrolysis) is 1. The summed E-state index contributed by atoms with van der Waals surface area (Å²) < 4.78 is 17.8. The highest BCUT2D eigenvalue weighted by molar-refractivity contribution is 9.10. The van der Waals surface area contributed by atoms with E-state index in [-0.39, 0.29) is 12.0 Å². The van der Waals surface area contributed by atoms with Crippen LogP contribution >= 0.6 is 15.9 Å². The fourth-order valence-corrected chi connectivity index (χ4v) is 5.54. The number of fused-ring (bicyclic) bond motifs is 1. The molecule has 0 atom stereocenters. The van der Waals surface area contributed by atoms with Gasteiger partial charge in [-0.3, -0.25) is 9.59 Å². The van der Waals surface area contributed by atoms with E-state index in [1.165, 1.54) is 0 Å². The summed E-state index contributed by atoms with van der Waals surface area (Å²) in [7, 11) is 0. The number of primary amides is 1. The van der Waals surface area contributed by atoms with Crippen LogP contribution in [0.5, 0.6) is 5.75 Å². The lowest BCUT2D eigenvalue weighted by molar-refractivity contribution is -0.119. The zero-order valence-electron chi connectivity index (χ0n) is 23.1. The first-order chi connectivity index (χ1) is 19.5. The second kappa shape index (κ2) is 11.0. The van der Waals surface area contributed by atoms with E-state index in [0.717, 1.165) is 30.4 Å². The van der Waals surface area contributed by atoms with Crippen molar-refractivity contribution in [2.45, 2.75) is 51.2 Å². The Bertz CT molecular complexity index is 1670. The summed E-state index contributed by atoms with van der Waals surface area (Å²) >= 11 is 3.48. The first-order valence-corrected chi connectivity index (χ1v) is 14.1. The molecule has 8 nitrogen and oxygen atoms in total. The number of hydrogen-bond acceptors (Lipinski definition) is 6. The lowest BCUT2D eigenvalue weighted by atomic mass is 9.71. The first kappa shape index (κ1) is 28.4. The van der Waals surface area contributed by atoms with E-state index in [0.29, 0.717) is 38.1 Å². The molecule has 2 amide bonds. The molecule has 0 aliphatic heterocycles. The molecule has 1 heterocycles. The summed E-state index contributed by atoms with van der Waals surface area (Å²) in [5, 5.41) is 3.43. The van der Waals surface area contributed by atoms with Crippen molar-refractivity contribution >= 4 is 38.9 Å². The minimum atomic E-state index is -0.618. The van der Waals surface area contributed by atoms with E-state index < -0.39 is 23.1 Å². The van der Waals surface area contributed by atoms with E-state index in [2.05, 4.69) is 21.2 Å². The number of ether oxygens (including phenoxy) is 2. The van der Waals surface area contributed by atoms with Gasteiger partial charge >= 0.3 is 6.09 Å². The third kappa shape index (κ3) is 5.86. The molecule has 0 bridgehead atoms. The van der Waals surface area contributed by atoms with Gasteiger partial charge in [0.05, 0.1) is 16.5 Å². The van der Waals surface area contributed by atoms with Crippen molar-refractivity contribution in [2.24, 2.45) is 5.73 Å². The molecule has 1 aromatic heterocycles. The molecule has 0 spiro atoms. The van der Waals surface area contributed by atoms with E-state index in [1.54, 1.807) is 12.1 Å². The lowest BCUT2D eigenvalue weighted by Gasteiger charge is -2.43. The lowest BCUT2D eigenvalue weighted by Crippen LogP contribution is -2.52. The highest BCUT2D eigenvalue weighted by atomic mass is 79.9. The standard InChI is InChI=1S/C32H31BrN2O6/c1-31(2,3)41-30(38)35-32(16-7-17-32)21-12-10-19(11-13-21)25-27(37)22-14-15-23(39-18-24(34)36)26(33)29(22)40-28(25)20-8-5-4-6-9-20/h4-6,8-15H,7,16-18H2,1-3H3,(H2,34,36)(H,35,38). The van der Waals surface area contributed by atoms with Crippen LogP contribution in [0.15, 0.2) is 80.4 Å². The average Bonchev–Trinajstić information content (AvgIpc) is 2.90. The van der Waals surface area contributed by atoms with Crippen LogP contribution in [-0.2, 0) is 15.1 Å². The Labute approximate surface area is 246 Å². The van der Waals surface area contributed by atoms with Crippen LogP contribution in [0.3, 0.4) is 0 Å². The molecule has 41 heavy (non-hydrogen) atoms. The number of benzene rings is 3. The number of carbonyl (C=O) groups excluding carboxylic acids is 2. The predicted octanol–water partition coefficient (Wildman–Crippen LogP) is 6.66. The quantitative estimate of drug-likeness (QED) is 0.239. The molecule has 3 N–H and O–H groups in total. The molecule has 4 aromatic rings. The number of amides is 2. The van der Waals surface area contributed by atoms with E-state index in [1.807, 2.05) is 75.4 Å². The Morgan fingerprint density at radius 3 is 2.27 bits per heavy atom. The number of nitrogens with two attached hydrogens (primary N) is 1. The summed E-state index contributed by atoms with van der Waals surface area (Å²) in [6.07, 6.45) is 2.14. The van der Waals surface area contributed by atoms with Crippen LogP contribution in [0, 0.1) is 0 Å². The molecule has 3 aromatic carbocycles. The third-order valence-electron chi connectivity index (χ3n) is 7.04. The van der Waals surface area contributed by atoms with Gasteiger partial charge in [-0.2, -0.15) is 0 Å².